The summed E-state index contributed by atoms with van der Waals surface area (Å²) in [5, 5.41) is 6.53. The van der Waals surface area contributed by atoms with Crippen molar-refractivity contribution in [3.05, 3.63) is 47.7 Å². The van der Waals surface area contributed by atoms with Gasteiger partial charge in [-0.2, -0.15) is 10.1 Å². The average molecular weight is 345 g/mol. The smallest absolute Gasteiger partial charge is 0.254 e. The maximum absolute atomic E-state index is 13.0. The lowest BCUT2D eigenvalue weighted by atomic mass is 9.85. The lowest BCUT2D eigenvalue weighted by Gasteiger charge is -2.18. The molecule has 3 fully saturated rings. The molecule has 1 aromatic carbocycles. The SMILES string of the molecule is Cc1[nH]c2ccccc2c1/C=N\N1C(=O)[C@@H]2[C@@H](C1=O)[C@@H]1C=C[C@@H]2C12CC2. The molecule has 26 heavy (non-hydrogen) atoms. The molecule has 1 saturated heterocycles. The van der Waals surface area contributed by atoms with E-state index in [0.717, 1.165) is 40.0 Å². The van der Waals surface area contributed by atoms with E-state index in [-0.39, 0.29) is 40.9 Å². The first kappa shape index (κ1) is 14.5. The second-order valence-corrected chi connectivity index (χ2v) is 8.16. The number of benzene rings is 1. The highest BCUT2D eigenvalue weighted by Gasteiger charge is 2.73. The first-order chi connectivity index (χ1) is 12.6. The number of nitrogens with one attached hydrogen (secondary N) is 1. The van der Waals surface area contributed by atoms with Crippen molar-refractivity contribution in [3.8, 4) is 0 Å². The van der Waals surface area contributed by atoms with Crippen LogP contribution in [0, 0.1) is 36.0 Å². The Hall–Kier alpha value is -2.69. The minimum atomic E-state index is -0.193. The molecule has 2 heterocycles. The van der Waals surface area contributed by atoms with Crippen molar-refractivity contribution < 1.29 is 9.59 Å². The molecule has 0 unspecified atom stereocenters. The molecule has 5 heteroatoms. The van der Waals surface area contributed by atoms with Crippen molar-refractivity contribution in [1.82, 2.24) is 9.99 Å². The summed E-state index contributed by atoms with van der Waals surface area (Å²) >= 11 is 0. The minimum Gasteiger partial charge on any atom is -0.358 e. The Kier molecular flexibility index (Phi) is 2.52. The first-order valence-corrected chi connectivity index (χ1v) is 9.29. The summed E-state index contributed by atoms with van der Waals surface area (Å²) in [5.74, 6) is -0.135. The van der Waals surface area contributed by atoms with Gasteiger partial charge in [-0.1, -0.05) is 30.4 Å². The Bertz CT molecular complexity index is 1010. The third-order valence-corrected chi connectivity index (χ3v) is 7.08. The van der Waals surface area contributed by atoms with Gasteiger partial charge < -0.3 is 4.98 Å². The number of amides is 2. The van der Waals surface area contributed by atoms with Crippen LogP contribution >= 0.6 is 0 Å². The van der Waals surface area contributed by atoms with Crippen LogP contribution in [0.2, 0.25) is 0 Å². The zero-order chi connectivity index (χ0) is 17.6. The normalized spacial score (nSPS) is 33.3. The minimum absolute atomic E-state index is 0.114. The van der Waals surface area contributed by atoms with E-state index in [4.69, 9.17) is 0 Å². The van der Waals surface area contributed by atoms with Crippen LogP contribution < -0.4 is 0 Å². The van der Waals surface area contributed by atoms with Gasteiger partial charge in [-0.3, -0.25) is 9.59 Å². The molecule has 2 amide bonds. The predicted octanol–water partition coefficient (Wildman–Crippen LogP) is 3.01. The number of rotatable bonds is 2. The van der Waals surface area contributed by atoms with Crippen molar-refractivity contribution >= 4 is 28.9 Å². The van der Waals surface area contributed by atoms with Gasteiger partial charge in [0.05, 0.1) is 18.1 Å². The highest BCUT2D eigenvalue weighted by molar-refractivity contribution is 6.08. The fourth-order valence-electron chi connectivity index (χ4n) is 5.76. The molecule has 5 nitrogen and oxygen atoms in total. The first-order valence-electron chi connectivity index (χ1n) is 9.29. The van der Waals surface area contributed by atoms with E-state index in [1.165, 1.54) is 0 Å². The highest BCUT2D eigenvalue weighted by Crippen LogP contribution is 2.73. The van der Waals surface area contributed by atoms with Gasteiger partial charge in [-0.05, 0) is 43.1 Å². The third-order valence-electron chi connectivity index (χ3n) is 7.08. The molecule has 2 aromatic rings. The van der Waals surface area contributed by atoms with E-state index < -0.39 is 0 Å². The van der Waals surface area contributed by atoms with Gasteiger partial charge >= 0.3 is 0 Å². The van der Waals surface area contributed by atoms with Crippen LogP contribution in [0.25, 0.3) is 10.9 Å². The predicted molar refractivity (Wildman–Crippen MR) is 97.2 cm³/mol. The molecular weight excluding hydrogens is 326 g/mol. The Labute approximate surface area is 150 Å². The Balaban J connectivity index is 1.36. The monoisotopic (exact) mass is 345 g/mol. The number of hydrogen-bond donors (Lipinski definition) is 1. The van der Waals surface area contributed by atoms with E-state index in [9.17, 15) is 9.59 Å². The molecular formula is C21H19N3O2. The van der Waals surface area contributed by atoms with Gasteiger partial charge in [-0.15, -0.1) is 0 Å². The zero-order valence-corrected chi connectivity index (χ0v) is 14.5. The maximum atomic E-state index is 13.0. The molecule has 4 aliphatic rings. The van der Waals surface area contributed by atoms with Gasteiger partial charge in [0.2, 0.25) is 0 Å². The summed E-state index contributed by atoms with van der Waals surface area (Å²) in [7, 11) is 0. The highest BCUT2D eigenvalue weighted by atomic mass is 16.2. The van der Waals surface area contributed by atoms with E-state index in [1.54, 1.807) is 6.21 Å². The van der Waals surface area contributed by atoms with Crippen molar-refractivity contribution in [1.29, 1.82) is 0 Å². The van der Waals surface area contributed by atoms with Crippen LogP contribution in [0.15, 0.2) is 41.5 Å². The number of carbonyl (C=O) groups excluding carboxylic acids is 2. The van der Waals surface area contributed by atoms with Crippen LogP contribution in [-0.4, -0.2) is 28.0 Å². The van der Waals surface area contributed by atoms with E-state index in [2.05, 4.69) is 22.2 Å². The Morgan fingerprint density at radius 3 is 2.42 bits per heavy atom. The van der Waals surface area contributed by atoms with Crippen molar-refractivity contribution in [3.63, 3.8) is 0 Å². The van der Waals surface area contributed by atoms with E-state index >= 15 is 0 Å². The number of fused-ring (bicyclic) bond motifs is 4. The molecule has 2 bridgehead atoms. The van der Waals surface area contributed by atoms with Crippen LogP contribution in [0.1, 0.15) is 24.1 Å². The number of imide groups is 1. The standard InChI is InChI=1S/C21H19N3O2/c1-11-13(12-4-2-3-5-16(12)23-11)10-22-24-19(25)17-14-6-7-15(18(17)20(24)26)21(14)8-9-21/h2-7,10,14-15,17-18,23H,8-9H2,1H3/b22-10-/t14-,15-,17-,18-/m0/s1. The van der Waals surface area contributed by atoms with E-state index in [0.29, 0.717) is 0 Å². The van der Waals surface area contributed by atoms with Crippen molar-refractivity contribution in [2.45, 2.75) is 19.8 Å². The van der Waals surface area contributed by atoms with Gasteiger partial charge in [0.15, 0.2) is 0 Å². The zero-order valence-electron chi connectivity index (χ0n) is 14.5. The molecule has 1 spiro atoms. The quantitative estimate of drug-likeness (QED) is 0.516. The number of para-hydroxylation sites is 1. The van der Waals surface area contributed by atoms with E-state index in [1.807, 2.05) is 31.2 Å². The number of allylic oxidation sites excluding steroid dienone is 2. The fraction of sp³-hybridized carbons (Fsp3) is 0.381. The van der Waals surface area contributed by atoms with Crippen LogP contribution in [0.4, 0.5) is 0 Å². The number of H-pyrrole nitrogens is 1. The third kappa shape index (κ3) is 1.55. The molecule has 3 aliphatic carbocycles. The second kappa shape index (κ2) is 4.53. The number of nitrogens with zero attached hydrogens (tertiary/aromatic N) is 2. The summed E-state index contributed by atoms with van der Waals surface area (Å²) in [6, 6.07) is 7.98. The van der Waals surface area contributed by atoms with Crippen LogP contribution in [0.3, 0.4) is 0 Å². The summed E-state index contributed by atoms with van der Waals surface area (Å²) in [4.78, 5) is 29.2. The lowest BCUT2D eigenvalue weighted by Crippen LogP contribution is -2.30. The van der Waals surface area contributed by atoms with Gasteiger partial charge in [0.1, 0.15) is 0 Å². The van der Waals surface area contributed by atoms with Gasteiger partial charge in [0.25, 0.3) is 11.8 Å². The summed E-state index contributed by atoms with van der Waals surface area (Å²) in [5.41, 5.74) is 3.16. The molecule has 0 radical (unpaired) electrons. The lowest BCUT2D eigenvalue weighted by molar-refractivity contribution is -0.141. The van der Waals surface area contributed by atoms with Gasteiger partial charge in [0, 0.05) is 22.2 Å². The average Bonchev–Trinajstić information content (AvgIpc) is 3.10. The number of hydrazone groups is 1. The molecule has 1 aromatic heterocycles. The number of hydrogen-bond acceptors (Lipinski definition) is 3. The Morgan fingerprint density at radius 2 is 1.77 bits per heavy atom. The number of aryl methyl sites for hydroxylation is 1. The fourth-order valence-corrected chi connectivity index (χ4v) is 5.76. The summed E-state index contributed by atoms with van der Waals surface area (Å²) in [6.45, 7) is 1.98. The second-order valence-electron chi connectivity index (χ2n) is 8.16. The van der Waals surface area contributed by atoms with Crippen LogP contribution in [0.5, 0.6) is 0 Å². The number of aromatic amines is 1. The van der Waals surface area contributed by atoms with Crippen LogP contribution in [-0.2, 0) is 9.59 Å². The Morgan fingerprint density at radius 1 is 1.12 bits per heavy atom. The molecule has 6 rings (SSSR count). The van der Waals surface area contributed by atoms with Gasteiger partial charge in [-0.25, -0.2) is 0 Å². The number of carbonyl (C=O) groups is 2. The van der Waals surface area contributed by atoms with Crippen molar-refractivity contribution in [2.24, 2.45) is 34.2 Å². The summed E-state index contributed by atoms with van der Waals surface area (Å²) in [6.07, 6.45) is 8.33. The molecule has 1 N–H and O–H groups in total. The topological polar surface area (TPSA) is 65.5 Å². The maximum Gasteiger partial charge on any atom is 0.254 e. The van der Waals surface area contributed by atoms with Crippen molar-refractivity contribution in [2.75, 3.05) is 0 Å². The molecule has 2 saturated carbocycles. The largest absolute Gasteiger partial charge is 0.358 e. The molecule has 130 valence electrons. The number of aromatic nitrogens is 1. The molecule has 4 atom stereocenters. The summed E-state index contributed by atoms with van der Waals surface area (Å²) < 4.78 is 0. The molecule has 1 aliphatic heterocycles.